The van der Waals surface area contributed by atoms with Crippen LogP contribution in [-0.2, 0) is 19.4 Å². The highest BCUT2D eigenvalue weighted by Gasteiger charge is 2.16. The Morgan fingerprint density at radius 1 is 1.37 bits per heavy atom. The Hall–Kier alpha value is -1.33. The molecule has 1 amide bonds. The highest BCUT2D eigenvalue weighted by atomic mass is 32.1. The maximum atomic E-state index is 12.0. The second kappa shape index (κ2) is 4.98. The summed E-state index contributed by atoms with van der Waals surface area (Å²) >= 11 is 3.28. The Labute approximate surface area is 120 Å². The van der Waals surface area contributed by atoms with E-state index in [2.05, 4.69) is 11.4 Å². The monoisotopic (exact) mass is 292 g/mol. The lowest BCUT2D eigenvalue weighted by atomic mass is 10.2. The van der Waals surface area contributed by atoms with Crippen molar-refractivity contribution in [3.63, 3.8) is 0 Å². The first-order valence-electron chi connectivity index (χ1n) is 6.38. The lowest BCUT2D eigenvalue weighted by molar-refractivity contribution is 0.0955. The molecular weight excluding hydrogens is 276 g/mol. The van der Waals surface area contributed by atoms with Crippen LogP contribution in [0.15, 0.2) is 12.1 Å². The van der Waals surface area contributed by atoms with Crippen molar-refractivity contribution in [2.45, 2.75) is 32.7 Å². The number of carbonyl (C=O) groups excluding carboxylic acids is 1. The van der Waals surface area contributed by atoms with Gasteiger partial charge in [-0.15, -0.1) is 22.7 Å². The number of amides is 1. The van der Waals surface area contributed by atoms with Gasteiger partial charge in [0.25, 0.3) is 5.91 Å². The molecule has 2 aromatic rings. The normalized spacial score (nSPS) is 13.5. The van der Waals surface area contributed by atoms with E-state index in [1.54, 1.807) is 6.07 Å². The molecule has 0 saturated carbocycles. The molecule has 0 unspecified atom stereocenters. The smallest absolute Gasteiger partial charge is 0.261 e. The van der Waals surface area contributed by atoms with Crippen molar-refractivity contribution in [1.82, 2.24) is 5.32 Å². The zero-order valence-corrected chi connectivity index (χ0v) is 12.4. The summed E-state index contributed by atoms with van der Waals surface area (Å²) in [5.41, 5.74) is 7.94. The Morgan fingerprint density at radius 3 is 2.89 bits per heavy atom. The van der Waals surface area contributed by atoms with Crippen LogP contribution in [0.3, 0.4) is 0 Å². The number of fused-ring (bicyclic) bond motifs is 1. The SMILES string of the molecule is Cc1sc(C(=O)NCc2cc3c(s2)CCC3)cc1N. The summed E-state index contributed by atoms with van der Waals surface area (Å²) in [6, 6.07) is 3.99. The summed E-state index contributed by atoms with van der Waals surface area (Å²) in [7, 11) is 0. The van der Waals surface area contributed by atoms with Gasteiger partial charge in [0, 0.05) is 20.3 Å². The molecule has 0 spiro atoms. The van der Waals surface area contributed by atoms with Crippen molar-refractivity contribution < 1.29 is 4.79 Å². The van der Waals surface area contributed by atoms with E-state index in [-0.39, 0.29) is 5.91 Å². The van der Waals surface area contributed by atoms with Crippen LogP contribution in [0.1, 0.15) is 36.3 Å². The minimum atomic E-state index is -0.0293. The number of aryl methyl sites for hydroxylation is 3. The Morgan fingerprint density at radius 2 is 2.21 bits per heavy atom. The van der Waals surface area contributed by atoms with E-state index in [1.807, 2.05) is 18.3 Å². The number of carbonyl (C=O) groups is 1. The number of nitrogen functional groups attached to an aromatic ring is 1. The third kappa shape index (κ3) is 2.53. The molecule has 0 fully saturated rings. The molecule has 0 aliphatic heterocycles. The number of nitrogens with one attached hydrogen (secondary N) is 1. The summed E-state index contributed by atoms with van der Waals surface area (Å²) in [5.74, 6) is -0.0293. The molecule has 2 heterocycles. The fourth-order valence-corrected chi connectivity index (χ4v) is 4.40. The number of hydrogen-bond donors (Lipinski definition) is 2. The molecule has 3 nitrogen and oxygen atoms in total. The highest BCUT2D eigenvalue weighted by molar-refractivity contribution is 7.14. The van der Waals surface area contributed by atoms with E-state index in [9.17, 15) is 4.79 Å². The van der Waals surface area contributed by atoms with Crippen LogP contribution < -0.4 is 11.1 Å². The van der Waals surface area contributed by atoms with Crippen molar-refractivity contribution in [1.29, 1.82) is 0 Å². The Kier molecular flexibility index (Phi) is 3.33. The van der Waals surface area contributed by atoms with Gasteiger partial charge in [-0.2, -0.15) is 0 Å². The van der Waals surface area contributed by atoms with Gasteiger partial charge in [-0.05, 0) is 43.9 Å². The number of nitrogens with two attached hydrogens (primary N) is 1. The van der Waals surface area contributed by atoms with Crippen LogP contribution in [0.4, 0.5) is 5.69 Å². The van der Waals surface area contributed by atoms with Gasteiger partial charge in [-0.1, -0.05) is 0 Å². The van der Waals surface area contributed by atoms with Crippen LogP contribution in [0.25, 0.3) is 0 Å². The zero-order valence-electron chi connectivity index (χ0n) is 10.8. The first kappa shape index (κ1) is 12.7. The van der Waals surface area contributed by atoms with E-state index in [1.165, 1.54) is 45.9 Å². The van der Waals surface area contributed by atoms with Crippen molar-refractivity contribution in [3.8, 4) is 0 Å². The first-order valence-corrected chi connectivity index (χ1v) is 8.01. The molecule has 5 heteroatoms. The molecule has 100 valence electrons. The van der Waals surface area contributed by atoms with Crippen LogP contribution >= 0.6 is 22.7 Å². The van der Waals surface area contributed by atoms with Crippen molar-refractivity contribution >= 4 is 34.3 Å². The van der Waals surface area contributed by atoms with E-state index < -0.39 is 0 Å². The standard InChI is InChI=1S/C14H16N2OS2/c1-8-11(15)6-13(18-8)14(17)16-7-10-5-9-3-2-4-12(9)19-10/h5-6H,2-4,7,15H2,1H3,(H,16,17). The largest absolute Gasteiger partial charge is 0.398 e. The first-order chi connectivity index (χ1) is 9.13. The van der Waals surface area contributed by atoms with Crippen molar-refractivity contribution in [2.75, 3.05) is 5.73 Å². The van der Waals surface area contributed by atoms with Gasteiger partial charge in [0.1, 0.15) is 0 Å². The highest BCUT2D eigenvalue weighted by Crippen LogP contribution is 2.30. The molecule has 0 saturated heterocycles. The molecular formula is C14H16N2OS2. The fourth-order valence-electron chi connectivity index (χ4n) is 2.34. The quantitative estimate of drug-likeness (QED) is 0.913. The van der Waals surface area contributed by atoms with Gasteiger partial charge in [-0.3, -0.25) is 4.79 Å². The second-order valence-electron chi connectivity index (χ2n) is 4.82. The van der Waals surface area contributed by atoms with Gasteiger partial charge in [-0.25, -0.2) is 0 Å². The molecule has 0 atom stereocenters. The topological polar surface area (TPSA) is 55.1 Å². The molecule has 0 radical (unpaired) electrons. The summed E-state index contributed by atoms with van der Waals surface area (Å²) < 4.78 is 0. The summed E-state index contributed by atoms with van der Waals surface area (Å²) in [5, 5.41) is 2.97. The van der Waals surface area contributed by atoms with Gasteiger partial charge in [0.2, 0.25) is 0 Å². The van der Waals surface area contributed by atoms with Crippen LogP contribution in [0.2, 0.25) is 0 Å². The predicted octanol–water partition coefficient (Wildman–Crippen LogP) is 3.12. The maximum absolute atomic E-state index is 12.0. The molecule has 1 aliphatic rings. The van der Waals surface area contributed by atoms with E-state index in [0.717, 1.165) is 4.88 Å². The van der Waals surface area contributed by atoms with E-state index >= 15 is 0 Å². The molecule has 2 aromatic heterocycles. The van der Waals surface area contributed by atoms with Gasteiger partial charge in [0.05, 0.1) is 11.4 Å². The molecule has 3 N–H and O–H groups in total. The summed E-state index contributed by atoms with van der Waals surface area (Å²) in [6.45, 7) is 2.55. The average Bonchev–Trinajstić information content (AvgIpc) is 3.02. The molecule has 3 rings (SSSR count). The minimum Gasteiger partial charge on any atom is -0.398 e. The number of rotatable bonds is 3. The van der Waals surface area contributed by atoms with Crippen molar-refractivity contribution in [2.24, 2.45) is 0 Å². The van der Waals surface area contributed by atoms with Crippen LogP contribution in [0, 0.1) is 6.92 Å². The number of anilines is 1. The minimum absolute atomic E-state index is 0.0293. The molecule has 19 heavy (non-hydrogen) atoms. The van der Waals surface area contributed by atoms with Gasteiger partial charge in [0.15, 0.2) is 0 Å². The second-order valence-corrected chi connectivity index (χ2v) is 7.30. The number of hydrogen-bond acceptors (Lipinski definition) is 4. The zero-order chi connectivity index (χ0) is 13.4. The van der Waals surface area contributed by atoms with Crippen LogP contribution in [-0.4, -0.2) is 5.91 Å². The third-order valence-electron chi connectivity index (χ3n) is 3.40. The summed E-state index contributed by atoms with van der Waals surface area (Å²) in [4.78, 5) is 16.5. The summed E-state index contributed by atoms with van der Waals surface area (Å²) in [6.07, 6.45) is 3.68. The average molecular weight is 292 g/mol. The lowest BCUT2D eigenvalue weighted by Gasteiger charge is -2.01. The predicted molar refractivity (Wildman–Crippen MR) is 81.0 cm³/mol. The maximum Gasteiger partial charge on any atom is 0.261 e. The van der Waals surface area contributed by atoms with E-state index in [4.69, 9.17) is 5.73 Å². The number of thiophene rings is 2. The molecule has 0 bridgehead atoms. The molecule has 1 aliphatic carbocycles. The van der Waals surface area contributed by atoms with Crippen LogP contribution in [0.5, 0.6) is 0 Å². The Bertz CT molecular complexity index is 586. The van der Waals surface area contributed by atoms with E-state index in [0.29, 0.717) is 17.1 Å². The van der Waals surface area contributed by atoms with Crippen molar-refractivity contribution in [3.05, 3.63) is 37.2 Å². The lowest BCUT2D eigenvalue weighted by Crippen LogP contribution is -2.21. The third-order valence-corrected chi connectivity index (χ3v) is 5.70. The fraction of sp³-hybridized carbons (Fsp3) is 0.357. The Balaban J connectivity index is 1.63. The van der Waals surface area contributed by atoms with Gasteiger partial charge >= 0.3 is 0 Å². The molecule has 0 aromatic carbocycles. The van der Waals surface area contributed by atoms with Gasteiger partial charge < -0.3 is 11.1 Å².